The van der Waals surface area contributed by atoms with Crippen LogP contribution in [0, 0.1) is 6.92 Å². The van der Waals surface area contributed by atoms with Crippen LogP contribution in [0.15, 0.2) is 61.2 Å². The van der Waals surface area contributed by atoms with E-state index < -0.39 is 17.6 Å². The van der Waals surface area contributed by atoms with E-state index in [1.54, 1.807) is 29.2 Å². The summed E-state index contributed by atoms with van der Waals surface area (Å²) in [6.07, 6.45) is -1.78. The molecule has 0 aliphatic rings. The predicted octanol–water partition coefficient (Wildman–Crippen LogP) is 4.62. The van der Waals surface area contributed by atoms with E-state index in [9.17, 15) is 18.0 Å². The Hall–Kier alpha value is -4.52. The molecular formula is C25H26F3N9O. The topological polar surface area (TPSA) is 115 Å². The smallest absolute Gasteiger partial charge is 0.369 e. The molecule has 198 valence electrons. The highest BCUT2D eigenvalue weighted by Gasteiger charge is 2.31. The number of carbonyl (C=O) groups is 1. The van der Waals surface area contributed by atoms with Gasteiger partial charge in [-0.05, 0) is 56.9 Å². The van der Waals surface area contributed by atoms with E-state index in [1.165, 1.54) is 24.8 Å². The van der Waals surface area contributed by atoms with Crippen molar-refractivity contribution in [3.05, 3.63) is 77.9 Å². The molecule has 10 nitrogen and oxygen atoms in total. The van der Waals surface area contributed by atoms with Crippen LogP contribution < -0.4 is 15.5 Å². The van der Waals surface area contributed by atoms with Crippen molar-refractivity contribution in [2.24, 2.45) is 0 Å². The fourth-order valence-electron chi connectivity index (χ4n) is 3.59. The summed E-state index contributed by atoms with van der Waals surface area (Å²) in [6.45, 7) is 3.34. The van der Waals surface area contributed by atoms with Crippen LogP contribution in [-0.2, 0) is 6.18 Å². The first-order valence-corrected chi connectivity index (χ1v) is 11.6. The summed E-state index contributed by atoms with van der Waals surface area (Å²) in [5, 5.41) is 12.7. The lowest BCUT2D eigenvalue weighted by Crippen LogP contribution is -2.21. The van der Waals surface area contributed by atoms with E-state index in [1.807, 2.05) is 25.9 Å². The first kappa shape index (κ1) is 26.5. The molecule has 0 aliphatic carbocycles. The van der Waals surface area contributed by atoms with Crippen molar-refractivity contribution in [3.8, 4) is 0 Å². The Bertz CT molecular complexity index is 1390. The molecule has 38 heavy (non-hydrogen) atoms. The summed E-state index contributed by atoms with van der Waals surface area (Å²) >= 11 is 0. The Balaban J connectivity index is 1.65. The first-order chi connectivity index (χ1) is 18.1. The maximum Gasteiger partial charge on any atom is 0.416 e. The number of aromatic nitrogens is 5. The minimum absolute atomic E-state index is 0.113. The quantitative estimate of drug-likeness (QED) is 0.290. The highest BCUT2D eigenvalue weighted by atomic mass is 19.4. The maximum atomic E-state index is 13.1. The second-order valence-electron chi connectivity index (χ2n) is 8.67. The fraction of sp³-hybridized carbons (Fsp3) is 0.240. The second kappa shape index (κ2) is 11.3. The van der Waals surface area contributed by atoms with E-state index >= 15 is 0 Å². The van der Waals surface area contributed by atoms with Crippen molar-refractivity contribution >= 4 is 34.9 Å². The third-order valence-electron chi connectivity index (χ3n) is 5.52. The molecule has 1 amide bonds. The molecule has 0 fully saturated rings. The molecular weight excluding hydrogens is 499 g/mol. The summed E-state index contributed by atoms with van der Waals surface area (Å²) in [4.78, 5) is 29.5. The van der Waals surface area contributed by atoms with Crippen LogP contribution in [0.5, 0.6) is 0 Å². The monoisotopic (exact) mass is 525 g/mol. The zero-order chi connectivity index (χ0) is 27.3. The molecule has 0 spiro atoms. The van der Waals surface area contributed by atoms with Gasteiger partial charge in [-0.2, -0.15) is 23.3 Å². The van der Waals surface area contributed by atoms with Crippen LogP contribution in [0.25, 0.3) is 0 Å². The number of benzene rings is 2. The highest BCUT2D eigenvalue weighted by Crippen LogP contribution is 2.35. The number of rotatable bonds is 9. The number of nitrogens with zero attached hydrogens (tertiary/aromatic N) is 6. The first-order valence-electron chi connectivity index (χ1n) is 11.6. The van der Waals surface area contributed by atoms with E-state index in [0.717, 1.165) is 24.2 Å². The van der Waals surface area contributed by atoms with Crippen LogP contribution in [-0.4, -0.2) is 63.1 Å². The van der Waals surface area contributed by atoms with Gasteiger partial charge in [0.15, 0.2) is 0 Å². The molecule has 0 saturated carbocycles. The number of aryl methyl sites for hydroxylation is 1. The van der Waals surface area contributed by atoms with Gasteiger partial charge in [-0.1, -0.05) is 12.1 Å². The van der Waals surface area contributed by atoms with Crippen LogP contribution in [0.1, 0.15) is 21.5 Å². The Morgan fingerprint density at radius 1 is 1.03 bits per heavy atom. The fourth-order valence-corrected chi connectivity index (χ4v) is 3.59. The Kier molecular flexibility index (Phi) is 7.86. The molecule has 2 aromatic heterocycles. The zero-order valence-corrected chi connectivity index (χ0v) is 20.9. The van der Waals surface area contributed by atoms with Crippen LogP contribution in [0.4, 0.5) is 42.1 Å². The number of alkyl halides is 3. The highest BCUT2D eigenvalue weighted by molar-refractivity contribution is 6.04. The predicted molar refractivity (Wildman–Crippen MR) is 138 cm³/mol. The summed E-state index contributed by atoms with van der Waals surface area (Å²) in [6, 6.07) is 11.1. The van der Waals surface area contributed by atoms with Gasteiger partial charge in [0, 0.05) is 30.4 Å². The molecule has 0 bridgehead atoms. The van der Waals surface area contributed by atoms with Crippen molar-refractivity contribution in [2.45, 2.75) is 13.1 Å². The Morgan fingerprint density at radius 2 is 1.84 bits per heavy atom. The molecule has 0 unspecified atom stereocenters. The lowest BCUT2D eigenvalue weighted by molar-refractivity contribution is -0.137. The van der Waals surface area contributed by atoms with Gasteiger partial charge in [0.25, 0.3) is 5.91 Å². The number of halogens is 3. The van der Waals surface area contributed by atoms with Crippen molar-refractivity contribution in [1.82, 2.24) is 30.0 Å². The van der Waals surface area contributed by atoms with Crippen molar-refractivity contribution < 1.29 is 18.0 Å². The van der Waals surface area contributed by atoms with E-state index in [-0.39, 0.29) is 5.56 Å². The molecule has 2 aromatic carbocycles. The molecule has 3 N–H and O–H groups in total. The molecule has 0 atom stereocenters. The molecule has 4 rings (SSSR count). The van der Waals surface area contributed by atoms with Crippen molar-refractivity contribution in [3.63, 3.8) is 0 Å². The standard InChI is InChI=1S/C25H26F3N9O/c1-16-7-8-19(34-23(38)17-5-4-6-18(11-17)25(26,27)28)12-20(16)37(24-32-15-33-35-24)22-13-21(30-14-31-22)29-9-10-36(2)3/h4-8,11-15H,9-10H2,1-3H3,(H,34,38)(H,29,30,31)(H,32,33,35). The Morgan fingerprint density at radius 3 is 2.55 bits per heavy atom. The molecule has 0 aliphatic heterocycles. The number of nitrogens with one attached hydrogen (secondary N) is 3. The van der Waals surface area contributed by atoms with Gasteiger partial charge in [0.1, 0.15) is 24.3 Å². The minimum atomic E-state index is -4.55. The largest absolute Gasteiger partial charge is 0.416 e. The van der Waals surface area contributed by atoms with Crippen molar-refractivity contribution in [2.75, 3.05) is 42.7 Å². The lowest BCUT2D eigenvalue weighted by atomic mass is 10.1. The zero-order valence-electron chi connectivity index (χ0n) is 20.9. The second-order valence-corrected chi connectivity index (χ2v) is 8.67. The van der Waals surface area contributed by atoms with Crippen LogP contribution in [0.2, 0.25) is 0 Å². The molecule has 0 saturated heterocycles. The van der Waals surface area contributed by atoms with Gasteiger partial charge in [-0.15, -0.1) is 0 Å². The summed E-state index contributed by atoms with van der Waals surface area (Å²) in [5.74, 6) is 0.778. The molecule has 2 heterocycles. The van der Waals surface area contributed by atoms with E-state index in [0.29, 0.717) is 35.5 Å². The van der Waals surface area contributed by atoms with Gasteiger partial charge in [-0.3, -0.25) is 9.69 Å². The normalized spacial score (nSPS) is 11.4. The summed E-state index contributed by atoms with van der Waals surface area (Å²) in [7, 11) is 3.95. The maximum absolute atomic E-state index is 13.1. The van der Waals surface area contributed by atoms with Crippen LogP contribution in [0.3, 0.4) is 0 Å². The number of hydrogen-bond donors (Lipinski definition) is 3. The van der Waals surface area contributed by atoms with Crippen molar-refractivity contribution in [1.29, 1.82) is 0 Å². The number of hydrogen-bond acceptors (Lipinski definition) is 8. The SMILES string of the molecule is Cc1ccc(NC(=O)c2cccc(C(F)(F)F)c2)cc1N(c1cc(NCCN(C)C)ncn1)c1ncn[nH]1. The Labute approximate surface area is 216 Å². The minimum Gasteiger partial charge on any atom is -0.369 e. The van der Waals surface area contributed by atoms with Gasteiger partial charge < -0.3 is 15.5 Å². The number of anilines is 5. The third kappa shape index (κ3) is 6.42. The third-order valence-corrected chi connectivity index (χ3v) is 5.52. The number of H-pyrrole nitrogens is 1. The number of carbonyl (C=O) groups excluding carboxylic acids is 1. The number of amides is 1. The molecule has 0 radical (unpaired) electrons. The van der Waals surface area contributed by atoms with Gasteiger partial charge >= 0.3 is 6.18 Å². The van der Waals surface area contributed by atoms with Crippen LogP contribution >= 0.6 is 0 Å². The van der Waals surface area contributed by atoms with Gasteiger partial charge in [-0.25, -0.2) is 15.1 Å². The molecule has 4 aromatic rings. The number of likely N-dealkylation sites (N-methyl/N-ethyl adjacent to an activating group) is 1. The van der Waals surface area contributed by atoms with Gasteiger partial charge in [0.2, 0.25) is 5.95 Å². The van der Waals surface area contributed by atoms with Gasteiger partial charge in [0.05, 0.1) is 11.3 Å². The number of aromatic amines is 1. The lowest BCUT2D eigenvalue weighted by Gasteiger charge is -2.24. The van der Waals surface area contributed by atoms with E-state index in [2.05, 4.69) is 35.8 Å². The average Bonchev–Trinajstić information content (AvgIpc) is 3.40. The van der Waals surface area contributed by atoms with E-state index in [4.69, 9.17) is 0 Å². The summed E-state index contributed by atoms with van der Waals surface area (Å²) < 4.78 is 39.3. The summed E-state index contributed by atoms with van der Waals surface area (Å²) in [5.41, 5.74) is 0.792. The average molecular weight is 526 g/mol. The molecule has 13 heteroatoms.